The lowest BCUT2D eigenvalue weighted by molar-refractivity contribution is 1.14. The molecule has 0 radical (unpaired) electrons. The Kier molecular flexibility index (Phi) is 4.31. The van der Waals surface area contributed by atoms with Crippen LogP contribution in [0, 0.1) is 13.8 Å². The highest BCUT2D eigenvalue weighted by atomic mass is 79.9. The van der Waals surface area contributed by atoms with E-state index in [1.165, 1.54) is 21.2 Å². The van der Waals surface area contributed by atoms with Crippen LogP contribution >= 0.6 is 27.5 Å². The summed E-state index contributed by atoms with van der Waals surface area (Å²) in [5.74, 6) is 0. The first-order valence-corrected chi connectivity index (χ1v) is 6.98. The number of halogens is 2. The van der Waals surface area contributed by atoms with E-state index in [9.17, 15) is 0 Å². The molecule has 0 saturated carbocycles. The van der Waals surface area contributed by atoms with Crippen LogP contribution in [0.5, 0.6) is 0 Å². The first-order valence-electron chi connectivity index (χ1n) is 5.81. The molecule has 0 bridgehead atoms. The third-order valence-corrected chi connectivity index (χ3v) is 4.31. The summed E-state index contributed by atoms with van der Waals surface area (Å²) in [7, 11) is 0. The Morgan fingerprint density at radius 1 is 1.11 bits per heavy atom. The molecule has 0 saturated heterocycles. The van der Waals surface area contributed by atoms with Crippen LogP contribution in [0.4, 0.5) is 5.69 Å². The molecule has 0 spiro atoms. The van der Waals surface area contributed by atoms with Crippen molar-refractivity contribution in [3.63, 3.8) is 0 Å². The molecule has 2 aromatic carbocycles. The Morgan fingerprint density at radius 2 is 1.78 bits per heavy atom. The first kappa shape index (κ1) is 13.4. The van der Waals surface area contributed by atoms with Crippen LogP contribution in [-0.2, 0) is 6.54 Å². The number of aryl methyl sites for hydroxylation is 2. The Morgan fingerprint density at radius 3 is 2.39 bits per heavy atom. The van der Waals surface area contributed by atoms with E-state index in [2.05, 4.69) is 53.3 Å². The summed E-state index contributed by atoms with van der Waals surface area (Å²) in [5, 5.41) is 4.19. The van der Waals surface area contributed by atoms with Crippen LogP contribution in [0.15, 0.2) is 40.9 Å². The van der Waals surface area contributed by atoms with Crippen LogP contribution in [0.2, 0.25) is 5.02 Å². The molecule has 18 heavy (non-hydrogen) atoms. The predicted octanol–water partition coefficient (Wildman–Crippen LogP) is 5.33. The maximum Gasteiger partial charge on any atom is 0.0409 e. The molecule has 0 fully saturated rings. The molecule has 0 aliphatic rings. The summed E-state index contributed by atoms with van der Waals surface area (Å²) < 4.78 is 1.18. The maximum atomic E-state index is 5.96. The average molecular weight is 325 g/mol. The van der Waals surface area contributed by atoms with Crippen molar-refractivity contribution in [3.05, 3.63) is 62.6 Å². The molecule has 1 N–H and O–H groups in total. The SMILES string of the molecule is Cc1cc(NCc2cccc(Cl)c2)cc(C)c1Br. The van der Waals surface area contributed by atoms with Gasteiger partial charge in [0, 0.05) is 21.7 Å². The minimum atomic E-state index is 0.775. The van der Waals surface area contributed by atoms with Crippen molar-refractivity contribution < 1.29 is 0 Å². The van der Waals surface area contributed by atoms with E-state index < -0.39 is 0 Å². The lowest BCUT2D eigenvalue weighted by Gasteiger charge is -2.11. The molecule has 0 unspecified atom stereocenters. The second-order valence-electron chi connectivity index (χ2n) is 4.41. The van der Waals surface area contributed by atoms with E-state index in [-0.39, 0.29) is 0 Å². The smallest absolute Gasteiger partial charge is 0.0409 e. The normalized spacial score (nSPS) is 10.4. The maximum absolute atomic E-state index is 5.96. The second kappa shape index (κ2) is 5.77. The second-order valence-corrected chi connectivity index (χ2v) is 5.64. The highest BCUT2D eigenvalue weighted by Gasteiger charge is 2.02. The molecule has 1 nitrogen and oxygen atoms in total. The van der Waals surface area contributed by atoms with E-state index in [0.717, 1.165) is 17.3 Å². The summed E-state index contributed by atoms with van der Waals surface area (Å²) >= 11 is 9.54. The van der Waals surface area contributed by atoms with Crippen molar-refractivity contribution in [2.45, 2.75) is 20.4 Å². The molecule has 0 aromatic heterocycles. The molecule has 3 heteroatoms. The van der Waals surface area contributed by atoms with Gasteiger partial charge >= 0.3 is 0 Å². The molecule has 0 aliphatic carbocycles. The number of rotatable bonds is 3. The van der Waals surface area contributed by atoms with Gasteiger partial charge in [-0.15, -0.1) is 0 Å². The van der Waals surface area contributed by atoms with Gasteiger partial charge < -0.3 is 5.32 Å². The quantitative estimate of drug-likeness (QED) is 0.804. The molecule has 2 rings (SSSR count). The van der Waals surface area contributed by atoms with E-state index in [0.29, 0.717) is 0 Å². The van der Waals surface area contributed by atoms with Crippen LogP contribution in [0.25, 0.3) is 0 Å². The van der Waals surface area contributed by atoms with Gasteiger partial charge in [0.05, 0.1) is 0 Å². The van der Waals surface area contributed by atoms with Crippen LogP contribution in [0.1, 0.15) is 16.7 Å². The van der Waals surface area contributed by atoms with Crippen molar-refractivity contribution in [2.75, 3.05) is 5.32 Å². The Balaban J connectivity index is 2.11. The number of nitrogens with one attached hydrogen (secondary N) is 1. The summed E-state index contributed by atoms with van der Waals surface area (Å²) in [4.78, 5) is 0. The molecule has 0 aliphatic heterocycles. The van der Waals surface area contributed by atoms with Gasteiger partial charge in [-0.1, -0.05) is 39.7 Å². The minimum Gasteiger partial charge on any atom is -0.381 e. The zero-order chi connectivity index (χ0) is 13.1. The first-order chi connectivity index (χ1) is 8.56. The molecule has 0 atom stereocenters. The van der Waals surface area contributed by atoms with E-state index in [4.69, 9.17) is 11.6 Å². The van der Waals surface area contributed by atoms with E-state index in [1.54, 1.807) is 0 Å². The van der Waals surface area contributed by atoms with Gasteiger partial charge in [0.25, 0.3) is 0 Å². The number of benzene rings is 2. The van der Waals surface area contributed by atoms with E-state index in [1.807, 2.05) is 18.2 Å². The van der Waals surface area contributed by atoms with Gasteiger partial charge in [-0.3, -0.25) is 0 Å². The highest BCUT2D eigenvalue weighted by molar-refractivity contribution is 9.10. The molecule has 0 amide bonds. The standard InChI is InChI=1S/C15H15BrClN/c1-10-6-14(7-11(2)15(10)16)18-9-12-4-3-5-13(17)8-12/h3-8,18H,9H2,1-2H3. The van der Waals surface area contributed by atoms with Gasteiger partial charge in [-0.05, 0) is 54.8 Å². The number of hydrogen-bond donors (Lipinski definition) is 1. The lowest BCUT2D eigenvalue weighted by Crippen LogP contribution is -2.00. The topological polar surface area (TPSA) is 12.0 Å². The van der Waals surface area contributed by atoms with Gasteiger partial charge in [0.1, 0.15) is 0 Å². The molecular formula is C15H15BrClN. The summed E-state index contributed by atoms with van der Waals surface area (Å²) in [6.45, 7) is 4.98. The fourth-order valence-corrected chi connectivity index (χ4v) is 2.34. The van der Waals surface area contributed by atoms with Crippen molar-refractivity contribution in [2.24, 2.45) is 0 Å². The van der Waals surface area contributed by atoms with Gasteiger partial charge in [-0.2, -0.15) is 0 Å². The van der Waals surface area contributed by atoms with Crippen LogP contribution < -0.4 is 5.32 Å². The monoisotopic (exact) mass is 323 g/mol. The molecule has 0 heterocycles. The fourth-order valence-electron chi connectivity index (χ4n) is 1.90. The lowest BCUT2D eigenvalue weighted by atomic mass is 10.1. The Bertz CT molecular complexity index is 543. The van der Waals surface area contributed by atoms with Crippen molar-refractivity contribution in [3.8, 4) is 0 Å². The molecule has 2 aromatic rings. The van der Waals surface area contributed by atoms with Crippen molar-refractivity contribution in [1.82, 2.24) is 0 Å². The summed E-state index contributed by atoms with van der Waals surface area (Å²) in [6, 6.07) is 12.2. The van der Waals surface area contributed by atoms with Crippen molar-refractivity contribution >= 4 is 33.2 Å². The number of anilines is 1. The average Bonchev–Trinajstić information content (AvgIpc) is 2.33. The third kappa shape index (κ3) is 3.27. The van der Waals surface area contributed by atoms with E-state index >= 15 is 0 Å². The fraction of sp³-hybridized carbons (Fsp3) is 0.200. The Hall–Kier alpha value is -0.990. The third-order valence-electron chi connectivity index (χ3n) is 2.82. The molecular weight excluding hydrogens is 310 g/mol. The zero-order valence-electron chi connectivity index (χ0n) is 10.4. The highest BCUT2D eigenvalue weighted by Crippen LogP contribution is 2.25. The van der Waals surface area contributed by atoms with Gasteiger partial charge in [0.15, 0.2) is 0 Å². The summed E-state index contributed by atoms with van der Waals surface area (Å²) in [6.07, 6.45) is 0. The van der Waals surface area contributed by atoms with Crippen LogP contribution in [0.3, 0.4) is 0 Å². The largest absolute Gasteiger partial charge is 0.381 e. The van der Waals surface area contributed by atoms with Crippen LogP contribution in [-0.4, -0.2) is 0 Å². The minimum absolute atomic E-state index is 0.775. The predicted molar refractivity (Wildman–Crippen MR) is 82.4 cm³/mol. The molecule has 94 valence electrons. The van der Waals surface area contributed by atoms with Gasteiger partial charge in [0.2, 0.25) is 0 Å². The van der Waals surface area contributed by atoms with Crippen molar-refractivity contribution in [1.29, 1.82) is 0 Å². The number of hydrogen-bond acceptors (Lipinski definition) is 1. The van der Waals surface area contributed by atoms with Gasteiger partial charge in [-0.25, -0.2) is 0 Å². The zero-order valence-corrected chi connectivity index (χ0v) is 12.8. The Labute approximate surface area is 121 Å². The summed E-state index contributed by atoms with van der Waals surface area (Å²) in [5.41, 5.74) is 4.79.